The van der Waals surface area contributed by atoms with Gasteiger partial charge in [-0.1, -0.05) is 44.2 Å². The molecule has 0 spiro atoms. The molecule has 1 rings (SSSR count). The Morgan fingerprint density at radius 1 is 1.00 bits per heavy atom. The lowest BCUT2D eigenvalue weighted by molar-refractivity contribution is -0.136. The summed E-state index contributed by atoms with van der Waals surface area (Å²) in [5, 5.41) is 37.7. The molecule has 0 aliphatic rings. The zero-order valence-electron chi connectivity index (χ0n) is 18.8. The van der Waals surface area contributed by atoms with E-state index in [1.807, 2.05) is 13.8 Å². The molecule has 0 unspecified atom stereocenters. The molecule has 1 aromatic carbocycles. The van der Waals surface area contributed by atoms with Crippen molar-refractivity contribution in [3.05, 3.63) is 35.9 Å². The van der Waals surface area contributed by atoms with Gasteiger partial charge in [0.25, 0.3) is 5.91 Å². The van der Waals surface area contributed by atoms with Gasteiger partial charge in [-0.25, -0.2) is 0 Å². The number of aliphatic hydroxyl groups excluding tert-OH is 3. The first-order chi connectivity index (χ1) is 15.1. The number of aliphatic hydroxyl groups is 3. The van der Waals surface area contributed by atoms with Crippen LogP contribution in [-0.2, 0) is 14.4 Å². The van der Waals surface area contributed by atoms with Crippen molar-refractivity contribution in [3.8, 4) is 0 Å². The average molecular weight is 453 g/mol. The van der Waals surface area contributed by atoms with Crippen LogP contribution in [0.25, 0.3) is 0 Å². The summed E-state index contributed by atoms with van der Waals surface area (Å²) in [6, 6.07) is 6.37. The number of hydrogen-bond acceptors (Lipinski definition) is 7. The van der Waals surface area contributed by atoms with Gasteiger partial charge in [0.2, 0.25) is 11.8 Å². The first-order valence-electron chi connectivity index (χ1n) is 10.7. The Labute approximate surface area is 188 Å². The summed E-state index contributed by atoms with van der Waals surface area (Å²) in [4.78, 5) is 36.5. The number of nitrogens with two attached hydrogens (primary N) is 1. The fraction of sp³-hybridized carbons (Fsp3) is 0.591. The highest BCUT2D eigenvalue weighted by atomic mass is 16.3. The number of rotatable bonds is 13. The van der Waals surface area contributed by atoms with Crippen LogP contribution in [0.3, 0.4) is 0 Å². The number of benzene rings is 1. The Morgan fingerprint density at radius 3 is 2.16 bits per heavy atom. The molecule has 0 saturated carbocycles. The van der Waals surface area contributed by atoms with Crippen LogP contribution in [0.2, 0.25) is 0 Å². The molecule has 0 fully saturated rings. The predicted molar refractivity (Wildman–Crippen MR) is 119 cm³/mol. The van der Waals surface area contributed by atoms with E-state index in [1.165, 1.54) is 7.05 Å². The lowest BCUT2D eigenvalue weighted by atomic mass is 10.00. The SMILES string of the molecule is CNC(=O)C[C@H](NC(=O)[C@@H](O)[C@H](O)C[C@H](CO)NC(=O)[C@@H](N)CC(C)C)c1ccccc1. The van der Waals surface area contributed by atoms with Crippen molar-refractivity contribution >= 4 is 17.7 Å². The molecule has 0 radical (unpaired) electrons. The highest BCUT2D eigenvalue weighted by Gasteiger charge is 2.30. The summed E-state index contributed by atoms with van der Waals surface area (Å²) in [7, 11) is 1.47. The van der Waals surface area contributed by atoms with E-state index < -0.39 is 48.8 Å². The second-order valence-electron chi connectivity index (χ2n) is 8.22. The first-order valence-corrected chi connectivity index (χ1v) is 10.7. The van der Waals surface area contributed by atoms with E-state index in [0.717, 1.165) is 0 Å². The molecule has 32 heavy (non-hydrogen) atoms. The fourth-order valence-corrected chi connectivity index (χ4v) is 3.18. The Kier molecular flexibility index (Phi) is 11.9. The van der Waals surface area contributed by atoms with E-state index in [9.17, 15) is 29.7 Å². The molecular formula is C22H36N4O6. The molecule has 0 aliphatic heterocycles. The summed E-state index contributed by atoms with van der Waals surface area (Å²) in [5.74, 6) is -1.48. The maximum Gasteiger partial charge on any atom is 0.252 e. The Bertz CT molecular complexity index is 730. The molecule has 0 aliphatic carbocycles. The largest absolute Gasteiger partial charge is 0.394 e. The number of carbonyl (C=O) groups excluding carboxylic acids is 3. The molecule has 0 saturated heterocycles. The van der Waals surface area contributed by atoms with E-state index in [4.69, 9.17) is 5.73 Å². The molecular weight excluding hydrogens is 416 g/mol. The minimum Gasteiger partial charge on any atom is -0.394 e. The monoisotopic (exact) mass is 452 g/mol. The Hall–Kier alpha value is -2.53. The van der Waals surface area contributed by atoms with Crippen LogP contribution in [0.5, 0.6) is 0 Å². The standard InChI is InChI=1S/C22H36N4O6/c1-13(2)9-16(23)21(31)25-15(12-27)10-18(28)20(30)22(32)26-17(11-19(29)24-3)14-7-5-4-6-8-14/h4-8,13,15-18,20,27-28,30H,9-12,23H2,1-3H3,(H,24,29)(H,25,31)(H,26,32)/t15-,16+,17+,18-,20+/m1/s1. The molecule has 0 aromatic heterocycles. The quantitative estimate of drug-likeness (QED) is 0.200. The lowest BCUT2D eigenvalue weighted by Gasteiger charge is -2.26. The van der Waals surface area contributed by atoms with Crippen molar-refractivity contribution in [2.45, 2.75) is 63.4 Å². The van der Waals surface area contributed by atoms with Gasteiger partial charge in [-0.05, 0) is 24.3 Å². The van der Waals surface area contributed by atoms with Crippen LogP contribution in [0.15, 0.2) is 30.3 Å². The van der Waals surface area contributed by atoms with Crippen LogP contribution < -0.4 is 21.7 Å². The second-order valence-corrected chi connectivity index (χ2v) is 8.22. The van der Waals surface area contributed by atoms with Crippen molar-refractivity contribution in [2.24, 2.45) is 11.7 Å². The molecule has 8 N–H and O–H groups in total. The van der Waals surface area contributed by atoms with E-state index in [-0.39, 0.29) is 24.7 Å². The maximum absolute atomic E-state index is 12.5. The van der Waals surface area contributed by atoms with Crippen molar-refractivity contribution in [1.82, 2.24) is 16.0 Å². The smallest absolute Gasteiger partial charge is 0.252 e. The van der Waals surface area contributed by atoms with Crippen LogP contribution in [0.1, 0.15) is 44.7 Å². The van der Waals surface area contributed by atoms with Gasteiger partial charge in [-0.3, -0.25) is 14.4 Å². The van der Waals surface area contributed by atoms with Gasteiger partial charge in [0.05, 0.1) is 37.3 Å². The topological polar surface area (TPSA) is 174 Å². The molecule has 3 amide bonds. The van der Waals surface area contributed by atoms with E-state index >= 15 is 0 Å². The third-order valence-corrected chi connectivity index (χ3v) is 4.97. The van der Waals surface area contributed by atoms with Crippen LogP contribution in [0.4, 0.5) is 0 Å². The van der Waals surface area contributed by atoms with Crippen LogP contribution >= 0.6 is 0 Å². The molecule has 0 bridgehead atoms. The number of nitrogens with one attached hydrogen (secondary N) is 3. The van der Waals surface area contributed by atoms with E-state index in [1.54, 1.807) is 30.3 Å². The second kappa shape index (κ2) is 13.8. The molecule has 1 aromatic rings. The van der Waals surface area contributed by atoms with Gasteiger partial charge in [0, 0.05) is 7.05 Å². The number of hydrogen-bond donors (Lipinski definition) is 7. The summed E-state index contributed by atoms with van der Waals surface area (Å²) >= 11 is 0. The van der Waals surface area contributed by atoms with Crippen molar-refractivity contribution in [2.75, 3.05) is 13.7 Å². The third kappa shape index (κ3) is 9.31. The fourth-order valence-electron chi connectivity index (χ4n) is 3.18. The van der Waals surface area contributed by atoms with Gasteiger partial charge < -0.3 is 37.0 Å². The summed E-state index contributed by atoms with van der Waals surface area (Å²) in [5.41, 5.74) is 6.48. The zero-order valence-corrected chi connectivity index (χ0v) is 18.8. The molecule has 5 atom stereocenters. The first kappa shape index (κ1) is 27.5. The minimum atomic E-state index is -1.83. The molecule has 0 heterocycles. The number of carbonyl (C=O) groups is 3. The van der Waals surface area contributed by atoms with Gasteiger partial charge in [0.1, 0.15) is 0 Å². The molecule has 10 nitrogen and oxygen atoms in total. The van der Waals surface area contributed by atoms with Gasteiger partial charge >= 0.3 is 0 Å². The Morgan fingerprint density at radius 2 is 1.62 bits per heavy atom. The molecule has 10 heteroatoms. The summed E-state index contributed by atoms with van der Waals surface area (Å²) < 4.78 is 0. The summed E-state index contributed by atoms with van der Waals surface area (Å²) in [6.45, 7) is 3.33. The third-order valence-electron chi connectivity index (χ3n) is 4.97. The van der Waals surface area contributed by atoms with Crippen molar-refractivity contribution < 1.29 is 29.7 Å². The normalized spacial score (nSPS) is 15.9. The van der Waals surface area contributed by atoms with Crippen molar-refractivity contribution in [3.63, 3.8) is 0 Å². The summed E-state index contributed by atoms with van der Waals surface area (Å²) in [6.07, 6.45) is -3.27. The highest BCUT2D eigenvalue weighted by molar-refractivity contribution is 5.83. The predicted octanol–water partition coefficient (Wildman–Crippen LogP) is -1.06. The van der Waals surface area contributed by atoms with Gasteiger partial charge in [-0.15, -0.1) is 0 Å². The average Bonchev–Trinajstić information content (AvgIpc) is 2.77. The van der Waals surface area contributed by atoms with E-state index in [2.05, 4.69) is 16.0 Å². The molecule has 180 valence electrons. The number of amides is 3. The maximum atomic E-state index is 12.5. The Balaban J connectivity index is 2.75. The minimum absolute atomic E-state index is 0.0574. The van der Waals surface area contributed by atoms with Crippen molar-refractivity contribution in [1.29, 1.82) is 0 Å². The lowest BCUT2D eigenvalue weighted by Crippen LogP contribution is -2.51. The van der Waals surface area contributed by atoms with Gasteiger partial charge in [-0.2, -0.15) is 0 Å². The highest BCUT2D eigenvalue weighted by Crippen LogP contribution is 2.17. The van der Waals surface area contributed by atoms with E-state index in [0.29, 0.717) is 12.0 Å². The van der Waals surface area contributed by atoms with Crippen LogP contribution in [-0.4, -0.2) is 71.0 Å². The van der Waals surface area contributed by atoms with Gasteiger partial charge in [0.15, 0.2) is 6.10 Å². The van der Waals surface area contributed by atoms with Crippen LogP contribution in [0, 0.1) is 5.92 Å². The zero-order chi connectivity index (χ0) is 24.3.